The summed E-state index contributed by atoms with van der Waals surface area (Å²) >= 11 is 0. The van der Waals surface area contributed by atoms with Crippen molar-refractivity contribution in [3.63, 3.8) is 0 Å². The highest BCUT2D eigenvalue weighted by molar-refractivity contribution is 5.50. The van der Waals surface area contributed by atoms with Crippen LogP contribution in [0, 0.1) is 11.3 Å². The average Bonchev–Trinajstić information content (AvgIpc) is 2.54. The topological polar surface area (TPSA) is 42.2 Å². The summed E-state index contributed by atoms with van der Waals surface area (Å²) in [5, 5.41) is 9.21. The van der Waals surface area contributed by atoms with Crippen LogP contribution in [-0.2, 0) is 0 Å². The van der Waals surface area contributed by atoms with E-state index in [-0.39, 0.29) is 0 Å². The third-order valence-corrected chi connectivity index (χ3v) is 3.59. The summed E-state index contributed by atoms with van der Waals surface area (Å²) in [7, 11) is 1.60. The van der Waals surface area contributed by atoms with Crippen LogP contribution in [0.25, 0.3) is 0 Å². The summed E-state index contributed by atoms with van der Waals surface area (Å²) in [4.78, 5) is 0. The van der Waals surface area contributed by atoms with E-state index in [0.29, 0.717) is 23.0 Å². The zero-order valence-electron chi connectivity index (χ0n) is 12.6. The van der Waals surface area contributed by atoms with Crippen LogP contribution in [0.1, 0.15) is 37.3 Å². The predicted octanol–water partition coefficient (Wildman–Crippen LogP) is 4.87. The molecule has 0 saturated carbocycles. The van der Waals surface area contributed by atoms with Crippen LogP contribution in [-0.4, -0.2) is 7.11 Å². The van der Waals surface area contributed by atoms with E-state index >= 15 is 0 Å². The Bertz CT molecular complexity index is 659. The maximum absolute atomic E-state index is 9.21. The van der Waals surface area contributed by atoms with E-state index in [0.717, 1.165) is 17.7 Å². The summed E-state index contributed by atoms with van der Waals surface area (Å²) in [6, 6.07) is 15.3. The van der Waals surface area contributed by atoms with Gasteiger partial charge in [0.05, 0.1) is 12.7 Å². The predicted molar refractivity (Wildman–Crippen MR) is 82.9 cm³/mol. The summed E-state index contributed by atoms with van der Waals surface area (Å²) < 4.78 is 11.2. The molecule has 0 spiro atoms. The molecular weight excluding hydrogens is 262 g/mol. The smallest absolute Gasteiger partial charge is 0.148 e. The Balaban J connectivity index is 2.41. The first-order chi connectivity index (χ1) is 10.2. The molecule has 1 unspecified atom stereocenters. The molecular formula is C18H19NO2. The van der Waals surface area contributed by atoms with E-state index in [1.54, 1.807) is 25.3 Å². The van der Waals surface area contributed by atoms with Gasteiger partial charge < -0.3 is 9.47 Å². The molecule has 3 nitrogen and oxygen atoms in total. The second kappa shape index (κ2) is 6.81. The number of nitriles is 1. The quantitative estimate of drug-likeness (QED) is 0.785. The van der Waals surface area contributed by atoms with Crippen molar-refractivity contribution in [1.29, 1.82) is 5.26 Å². The second-order valence-electron chi connectivity index (χ2n) is 4.92. The number of ether oxygens (including phenoxy) is 2. The molecule has 0 aliphatic heterocycles. The van der Waals surface area contributed by atoms with Crippen molar-refractivity contribution in [2.75, 3.05) is 7.11 Å². The molecule has 0 radical (unpaired) electrons. The van der Waals surface area contributed by atoms with Crippen molar-refractivity contribution in [3.8, 4) is 23.3 Å². The lowest BCUT2D eigenvalue weighted by Gasteiger charge is -2.16. The number of hydrogen-bond acceptors (Lipinski definition) is 3. The van der Waals surface area contributed by atoms with Gasteiger partial charge in [0.1, 0.15) is 23.3 Å². The number of rotatable bonds is 5. The van der Waals surface area contributed by atoms with Crippen molar-refractivity contribution in [1.82, 2.24) is 0 Å². The maximum atomic E-state index is 9.21. The summed E-state index contributed by atoms with van der Waals surface area (Å²) in [5.41, 5.74) is 1.64. The van der Waals surface area contributed by atoms with E-state index in [4.69, 9.17) is 9.47 Å². The number of hydrogen-bond donors (Lipinski definition) is 0. The minimum atomic E-state index is 0.400. The van der Waals surface area contributed by atoms with E-state index in [1.807, 2.05) is 18.2 Å². The zero-order chi connectivity index (χ0) is 15.2. The molecule has 0 N–H and O–H groups in total. The van der Waals surface area contributed by atoms with Gasteiger partial charge in [0.2, 0.25) is 0 Å². The van der Waals surface area contributed by atoms with Gasteiger partial charge in [0.15, 0.2) is 0 Å². The fraction of sp³-hybridized carbons (Fsp3) is 0.278. The molecule has 0 amide bonds. The fourth-order valence-electron chi connectivity index (χ4n) is 2.13. The molecule has 0 aliphatic carbocycles. The monoisotopic (exact) mass is 281 g/mol. The van der Waals surface area contributed by atoms with Crippen LogP contribution in [0.5, 0.6) is 17.2 Å². The van der Waals surface area contributed by atoms with E-state index in [9.17, 15) is 5.26 Å². The van der Waals surface area contributed by atoms with Gasteiger partial charge in [-0.3, -0.25) is 0 Å². The van der Waals surface area contributed by atoms with Gasteiger partial charge in [-0.25, -0.2) is 0 Å². The van der Waals surface area contributed by atoms with Crippen LogP contribution in [0.4, 0.5) is 0 Å². The highest BCUT2D eigenvalue weighted by Crippen LogP contribution is 2.34. The Labute approximate surface area is 125 Å². The zero-order valence-corrected chi connectivity index (χ0v) is 12.6. The maximum Gasteiger partial charge on any atom is 0.148 e. The van der Waals surface area contributed by atoms with Crippen LogP contribution in [0.3, 0.4) is 0 Å². The lowest BCUT2D eigenvalue weighted by atomic mass is 9.98. The molecule has 21 heavy (non-hydrogen) atoms. The molecule has 0 saturated heterocycles. The van der Waals surface area contributed by atoms with Crippen LogP contribution in [0.2, 0.25) is 0 Å². The number of nitrogens with zero attached hydrogens (tertiary/aromatic N) is 1. The normalized spacial score (nSPS) is 11.5. The van der Waals surface area contributed by atoms with Crippen molar-refractivity contribution in [2.24, 2.45) is 0 Å². The minimum Gasteiger partial charge on any atom is -0.497 e. The molecule has 108 valence electrons. The highest BCUT2D eigenvalue weighted by Gasteiger charge is 2.13. The third-order valence-electron chi connectivity index (χ3n) is 3.59. The first kappa shape index (κ1) is 14.9. The molecule has 0 fully saturated rings. The molecule has 1 atom stereocenters. The molecule has 0 heterocycles. The summed E-state index contributed by atoms with van der Waals surface area (Å²) in [5.74, 6) is 2.38. The lowest BCUT2D eigenvalue weighted by Crippen LogP contribution is -1.97. The Morgan fingerprint density at radius 1 is 1.14 bits per heavy atom. The SMILES string of the molecule is CCC(C)c1ccccc1Oc1cc(OC)ccc1C#N. The third kappa shape index (κ3) is 3.35. The van der Waals surface area contributed by atoms with Gasteiger partial charge in [-0.1, -0.05) is 32.0 Å². The fourth-order valence-corrected chi connectivity index (χ4v) is 2.13. The van der Waals surface area contributed by atoms with Gasteiger partial charge >= 0.3 is 0 Å². The van der Waals surface area contributed by atoms with Crippen molar-refractivity contribution in [2.45, 2.75) is 26.2 Å². The van der Waals surface area contributed by atoms with Crippen molar-refractivity contribution >= 4 is 0 Å². The number of methoxy groups -OCH3 is 1. The van der Waals surface area contributed by atoms with E-state index < -0.39 is 0 Å². The van der Waals surface area contributed by atoms with E-state index in [2.05, 4.69) is 26.0 Å². The van der Waals surface area contributed by atoms with Gasteiger partial charge in [-0.15, -0.1) is 0 Å². The number of benzene rings is 2. The molecule has 3 heteroatoms. The van der Waals surface area contributed by atoms with Crippen molar-refractivity contribution in [3.05, 3.63) is 53.6 Å². The first-order valence-electron chi connectivity index (χ1n) is 7.04. The highest BCUT2D eigenvalue weighted by atomic mass is 16.5. The summed E-state index contributed by atoms with van der Waals surface area (Å²) in [6.07, 6.45) is 1.03. The standard InChI is InChI=1S/C18H19NO2/c1-4-13(2)16-7-5-6-8-17(16)21-18-11-15(20-3)10-9-14(18)12-19/h5-11,13H,4H2,1-3H3. The molecule has 2 rings (SSSR count). The molecule has 0 aromatic heterocycles. The van der Waals surface area contributed by atoms with Crippen LogP contribution >= 0.6 is 0 Å². The molecule has 0 bridgehead atoms. The van der Waals surface area contributed by atoms with Crippen LogP contribution in [0.15, 0.2) is 42.5 Å². The van der Waals surface area contributed by atoms with Gasteiger partial charge in [-0.05, 0) is 36.1 Å². The second-order valence-corrected chi connectivity index (χ2v) is 4.92. The Kier molecular flexibility index (Phi) is 4.84. The Hall–Kier alpha value is -2.47. The first-order valence-corrected chi connectivity index (χ1v) is 7.04. The molecule has 2 aromatic carbocycles. The minimum absolute atomic E-state index is 0.400. The Morgan fingerprint density at radius 2 is 1.90 bits per heavy atom. The average molecular weight is 281 g/mol. The largest absolute Gasteiger partial charge is 0.497 e. The number of para-hydroxylation sites is 1. The molecule has 0 aliphatic rings. The Morgan fingerprint density at radius 3 is 2.57 bits per heavy atom. The lowest BCUT2D eigenvalue weighted by molar-refractivity contribution is 0.408. The van der Waals surface area contributed by atoms with Gasteiger partial charge in [0, 0.05) is 6.07 Å². The van der Waals surface area contributed by atoms with Gasteiger partial charge in [0.25, 0.3) is 0 Å². The van der Waals surface area contributed by atoms with Gasteiger partial charge in [-0.2, -0.15) is 5.26 Å². The molecule has 2 aromatic rings. The summed E-state index contributed by atoms with van der Waals surface area (Å²) in [6.45, 7) is 4.31. The van der Waals surface area contributed by atoms with E-state index in [1.165, 1.54) is 0 Å². The van der Waals surface area contributed by atoms with Crippen LogP contribution < -0.4 is 9.47 Å². The van der Waals surface area contributed by atoms with Crippen molar-refractivity contribution < 1.29 is 9.47 Å².